The van der Waals surface area contributed by atoms with Crippen LogP contribution in [-0.2, 0) is 0 Å². The predicted molar refractivity (Wildman–Crippen MR) is 95.6 cm³/mol. The third kappa shape index (κ3) is 4.53. The van der Waals surface area contributed by atoms with Crippen molar-refractivity contribution in [2.75, 3.05) is 26.6 Å². The zero-order chi connectivity index (χ0) is 18.4. The lowest BCUT2D eigenvalue weighted by Gasteiger charge is -2.17. The Bertz CT molecular complexity index is 707. The van der Waals surface area contributed by atoms with Crippen molar-refractivity contribution < 1.29 is 19.0 Å². The van der Waals surface area contributed by atoms with Gasteiger partial charge in [0.2, 0.25) is 5.75 Å². The number of aromatic nitrogens is 1. The van der Waals surface area contributed by atoms with Gasteiger partial charge in [-0.3, -0.25) is 4.98 Å². The van der Waals surface area contributed by atoms with Gasteiger partial charge in [-0.1, -0.05) is 6.07 Å². The molecule has 1 atom stereocenters. The summed E-state index contributed by atoms with van der Waals surface area (Å²) in [6, 6.07) is 6.65. The molecular weight excluding hydrogens is 322 g/mol. The Labute approximate surface area is 147 Å². The summed E-state index contributed by atoms with van der Waals surface area (Å²) in [5.74, 6) is 1.40. The Morgan fingerprint density at radius 1 is 1.08 bits per heavy atom. The molecule has 1 aromatic heterocycles. The Balaban J connectivity index is 2.10. The van der Waals surface area contributed by atoms with Crippen LogP contribution in [0, 0.1) is 6.92 Å². The van der Waals surface area contributed by atoms with Crippen LogP contribution in [0.4, 0.5) is 10.5 Å². The molecule has 0 saturated heterocycles. The maximum Gasteiger partial charge on any atom is 0.319 e. The van der Waals surface area contributed by atoms with Crippen molar-refractivity contribution in [1.82, 2.24) is 10.3 Å². The van der Waals surface area contributed by atoms with E-state index < -0.39 is 0 Å². The fraction of sp³-hybridized carbons (Fsp3) is 0.333. The lowest BCUT2D eigenvalue weighted by molar-refractivity contribution is 0.249. The van der Waals surface area contributed by atoms with Crippen LogP contribution in [0.25, 0.3) is 0 Å². The lowest BCUT2D eigenvalue weighted by Crippen LogP contribution is -2.31. The first-order valence-electron chi connectivity index (χ1n) is 7.78. The largest absolute Gasteiger partial charge is 0.493 e. The molecule has 134 valence electrons. The molecule has 1 aromatic carbocycles. The highest BCUT2D eigenvalue weighted by Crippen LogP contribution is 2.39. The zero-order valence-corrected chi connectivity index (χ0v) is 15.0. The molecule has 0 saturated carbocycles. The molecule has 0 radical (unpaired) electrons. The van der Waals surface area contributed by atoms with Gasteiger partial charge >= 0.3 is 6.03 Å². The van der Waals surface area contributed by atoms with E-state index in [2.05, 4.69) is 15.6 Å². The zero-order valence-electron chi connectivity index (χ0n) is 15.0. The normalized spacial score (nSPS) is 11.4. The Hall–Kier alpha value is -2.96. The minimum atomic E-state index is -0.345. The average Bonchev–Trinajstić information content (AvgIpc) is 2.61. The van der Waals surface area contributed by atoms with Crippen LogP contribution in [-0.4, -0.2) is 32.3 Å². The minimum absolute atomic E-state index is 0.185. The first kappa shape index (κ1) is 18.4. The average molecular weight is 345 g/mol. The van der Waals surface area contributed by atoms with E-state index in [1.807, 2.05) is 26.0 Å². The number of benzene rings is 1. The maximum atomic E-state index is 12.3. The summed E-state index contributed by atoms with van der Waals surface area (Å²) in [5, 5.41) is 5.63. The molecule has 0 aliphatic heterocycles. The molecule has 0 spiro atoms. The highest BCUT2D eigenvalue weighted by atomic mass is 16.5. The van der Waals surface area contributed by atoms with Crippen LogP contribution in [0.3, 0.4) is 0 Å². The fourth-order valence-corrected chi connectivity index (χ4v) is 2.34. The molecule has 0 aliphatic carbocycles. The Morgan fingerprint density at radius 2 is 1.72 bits per heavy atom. The molecule has 0 aliphatic rings. The molecule has 2 aromatic rings. The summed E-state index contributed by atoms with van der Waals surface area (Å²) in [6.45, 7) is 3.81. The van der Waals surface area contributed by atoms with Gasteiger partial charge in [0, 0.05) is 24.0 Å². The van der Waals surface area contributed by atoms with E-state index in [4.69, 9.17) is 14.2 Å². The standard InChI is InChI=1S/C18H23N3O4/c1-11-6-7-13(10-19-11)12(2)20-18(22)21-14-8-15(23-3)17(25-5)16(9-14)24-4/h6-10,12H,1-5H3,(H2,20,21,22)/t12-/m0/s1. The van der Waals surface area contributed by atoms with E-state index in [-0.39, 0.29) is 12.1 Å². The number of anilines is 1. The second-order valence-electron chi connectivity index (χ2n) is 5.47. The quantitative estimate of drug-likeness (QED) is 0.839. The first-order chi connectivity index (χ1) is 12.0. The number of urea groups is 1. The van der Waals surface area contributed by atoms with Gasteiger partial charge in [-0.25, -0.2) is 4.79 Å². The number of aryl methyl sites for hydroxylation is 1. The highest BCUT2D eigenvalue weighted by Gasteiger charge is 2.15. The van der Waals surface area contributed by atoms with E-state index in [1.165, 1.54) is 21.3 Å². The number of amides is 2. The number of ether oxygens (including phenoxy) is 3. The van der Waals surface area contributed by atoms with E-state index in [9.17, 15) is 4.79 Å². The third-order valence-corrected chi connectivity index (χ3v) is 3.70. The van der Waals surface area contributed by atoms with Crippen molar-refractivity contribution in [3.8, 4) is 17.2 Å². The van der Waals surface area contributed by atoms with Crippen molar-refractivity contribution in [3.05, 3.63) is 41.7 Å². The van der Waals surface area contributed by atoms with Crippen LogP contribution >= 0.6 is 0 Å². The van der Waals surface area contributed by atoms with E-state index in [0.717, 1.165) is 11.3 Å². The number of carbonyl (C=O) groups is 1. The van der Waals surface area contributed by atoms with Crippen LogP contribution in [0.15, 0.2) is 30.5 Å². The molecule has 1 heterocycles. The van der Waals surface area contributed by atoms with Crippen molar-refractivity contribution in [3.63, 3.8) is 0 Å². The molecule has 7 nitrogen and oxygen atoms in total. The van der Waals surface area contributed by atoms with Crippen molar-refractivity contribution in [2.45, 2.75) is 19.9 Å². The molecule has 25 heavy (non-hydrogen) atoms. The van der Waals surface area contributed by atoms with Gasteiger partial charge in [-0.15, -0.1) is 0 Å². The second-order valence-corrected chi connectivity index (χ2v) is 5.47. The molecule has 0 fully saturated rings. The van der Waals surface area contributed by atoms with Crippen LogP contribution in [0.1, 0.15) is 24.2 Å². The Morgan fingerprint density at radius 3 is 2.20 bits per heavy atom. The van der Waals surface area contributed by atoms with E-state index >= 15 is 0 Å². The number of pyridine rings is 1. The van der Waals surface area contributed by atoms with Crippen molar-refractivity contribution in [2.24, 2.45) is 0 Å². The van der Waals surface area contributed by atoms with Gasteiger partial charge in [0.15, 0.2) is 11.5 Å². The lowest BCUT2D eigenvalue weighted by atomic mass is 10.1. The second kappa shape index (κ2) is 8.23. The minimum Gasteiger partial charge on any atom is -0.493 e. The predicted octanol–water partition coefficient (Wildman–Crippen LogP) is 3.30. The van der Waals surface area contributed by atoms with E-state index in [1.54, 1.807) is 18.3 Å². The number of methoxy groups -OCH3 is 3. The molecule has 2 rings (SSSR count). The van der Waals surface area contributed by atoms with Gasteiger partial charge < -0.3 is 24.8 Å². The number of hydrogen-bond donors (Lipinski definition) is 2. The highest BCUT2D eigenvalue weighted by molar-refractivity contribution is 5.90. The maximum absolute atomic E-state index is 12.3. The summed E-state index contributed by atoms with van der Waals surface area (Å²) in [6.07, 6.45) is 1.75. The third-order valence-electron chi connectivity index (χ3n) is 3.70. The Kier molecular flexibility index (Phi) is 6.05. The molecular formula is C18H23N3O4. The summed E-state index contributed by atoms with van der Waals surface area (Å²) in [4.78, 5) is 16.5. The van der Waals surface area contributed by atoms with Gasteiger partial charge in [-0.05, 0) is 25.5 Å². The summed E-state index contributed by atoms with van der Waals surface area (Å²) < 4.78 is 15.8. The van der Waals surface area contributed by atoms with Crippen LogP contribution in [0.5, 0.6) is 17.2 Å². The molecule has 2 N–H and O–H groups in total. The topological polar surface area (TPSA) is 81.7 Å². The monoisotopic (exact) mass is 345 g/mol. The summed E-state index contributed by atoms with van der Waals surface area (Å²) in [7, 11) is 4.57. The van der Waals surface area contributed by atoms with Crippen molar-refractivity contribution >= 4 is 11.7 Å². The van der Waals surface area contributed by atoms with E-state index in [0.29, 0.717) is 22.9 Å². The van der Waals surface area contributed by atoms with Gasteiger partial charge in [0.25, 0.3) is 0 Å². The number of rotatable bonds is 6. The number of carbonyl (C=O) groups excluding carboxylic acids is 1. The summed E-state index contributed by atoms with van der Waals surface area (Å²) >= 11 is 0. The SMILES string of the molecule is COc1cc(NC(=O)N[C@@H](C)c2ccc(C)nc2)cc(OC)c1OC. The summed E-state index contributed by atoms with van der Waals surface area (Å²) in [5.41, 5.74) is 2.38. The van der Waals surface area contributed by atoms with Gasteiger partial charge in [0.05, 0.1) is 33.1 Å². The molecule has 2 amide bonds. The first-order valence-corrected chi connectivity index (χ1v) is 7.78. The number of nitrogens with one attached hydrogen (secondary N) is 2. The smallest absolute Gasteiger partial charge is 0.319 e. The number of nitrogens with zero attached hydrogens (tertiary/aromatic N) is 1. The van der Waals surface area contributed by atoms with Crippen molar-refractivity contribution in [1.29, 1.82) is 0 Å². The van der Waals surface area contributed by atoms with Crippen LogP contribution in [0.2, 0.25) is 0 Å². The number of hydrogen-bond acceptors (Lipinski definition) is 5. The van der Waals surface area contributed by atoms with Crippen LogP contribution < -0.4 is 24.8 Å². The molecule has 0 bridgehead atoms. The molecule has 7 heteroatoms. The van der Waals surface area contributed by atoms with Gasteiger partial charge in [-0.2, -0.15) is 0 Å². The van der Waals surface area contributed by atoms with Gasteiger partial charge in [0.1, 0.15) is 0 Å². The molecule has 0 unspecified atom stereocenters. The fourth-order valence-electron chi connectivity index (χ4n) is 2.34.